The van der Waals surface area contributed by atoms with Crippen LogP contribution < -0.4 is 10.2 Å². The number of hydrogen-bond acceptors (Lipinski definition) is 6. The van der Waals surface area contributed by atoms with E-state index in [1.54, 1.807) is 0 Å². The fourth-order valence-electron chi connectivity index (χ4n) is 0.258. The van der Waals surface area contributed by atoms with Gasteiger partial charge in [0.25, 0.3) is 0 Å². The molecular formula is C4H4Bi3O6+7. The minimum atomic E-state index is -2.44. The van der Waals surface area contributed by atoms with Crippen molar-refractivity contribution in [3.05, 3.63) is 0 Å². The zero-order valence-electron chi connectivity index (χ0n) is 6.02. The second kappa shape index (κ2) is 11.6. The van der Waals surface area contributed by atoms with Gasteiger partial charge in [-0.15, -0.1) is 0 Å². The number of aliphatic carboxylic acids is 2. The maximum atomic E-state index is 9.63. The number of rotatable bonds is 3. The van der Waals surface area contributed by atoms with Crippen LogP contribution in [0.1, 0.15) is 0 Å². The molecule has 2 N–H and O–H groups in total. The number of carboxylic acids is 2. The average molecular weight is 775 g/mol. The van der Waals surface area contributed by atoms with Gasteiger partial charge in [0.1, 0.15) is 12.2 Å². The number of aliphatic hydroxyl groups excluding tert-OH is 2. The molecule has 0 aliphatic carbocycles. The maximum absolute atomic E-state index is 9.63. The summed E-state index contributed by atoms with van der Waals surface area (Å²) in [6, 6.07) is 0. The SMILES string of the molecule is O=C([O-])C(O)C(O)C(=O)[O-].[Bi+3].[Bi+3].[Bi+3]. The van der Waals surface area contributed by atoms with E-state index in [4.69, 9.17) is 10.2 Å². The van der Waals surface area contributed by atoms with E-state index < -0.39 is 24.1 Å². The molecule has 0 saturated carbocycles. The van der Waals surface area contributed by atoms with Crippen LogP contribution in [0, 0.1) is 0 Å². The van der Waals surface area contributed by atoms with Gasteiger partial charge in [0.05, 0.1) is 11.9 Å². The van der Waals surface area contributed by atoms with Crippen molar-refractivity contribution in [3.63, 3.8) is 0 Å². The molecular weight excluding hydrogens is 771 g/mol. The van der Waals surface area contributed by atoms with Crippen LogP contribution in [0.5, 0.6) is 0 Å². The van der Waals surface area contributed by atoms with Gasteiger partial charge >= 0.3 is 78.6 Å². The number of carboxylic acid groups (broad SMARTS) is 2. The summed E-state index contributed by atoms with van der Waals surface area (Å²) in [5, 5.41) is 35.7. The molecule has 0 saturated heterocycles. The first-order chi connectivity index (χ1) is 4.46. The quantitative estimate of drug-likeness (QED) is 0.276. The average Bonchev–Trinajstić information content (AvgIpc) is 1.84. The fourth-order valence-corrected chi connectivity index (χ4v) is 0.258. The summed E-state index contributed by atoms with van der Waals surface area (Å²) in [5.41, 5.74) is 0. The third-order valence-corrected chi connectivity index (χ3v) is 0.782. The predicted octanol–water partition coefficient (Wildman–Crippen LogP) is -5.93. The first kappa shape index (κ1) is 24.0. The van der Waals surface area contributed by atoms with E-state index in [2.05, 4.69) is 0 Å². The molecule has 0 bridgehead atoms. The van der Waals surface area contributed by atoms with Crippen LogP contribution in [-0.4, -0.2) is 113 Å². The van der Waals surface area contributed by atoms with Gasteiger partial charge in [0, 0.05) is 0 Å². The van der Waals surface area contributed by atoms with Crippen molar-refractivity contribution in [1.29, 1.82) is 0 Å². The Kier molecular flexibility index (Phi) is 21.4. The van der Waals surface area contributed by atoms with E-state index in [-0.39, 0.29) is 78.6 Å². The minimum absolute atomic E-state index is 0. The van der Waals surface area contributed by atoms with E-state index >= 15 is 0 Å². The monoisotopic (exact) mass is 775 g/mol. The van der Waals surface area contributed by atoms with Gasteiger partial charge in [-0.1, -0.05) is 0 Å². The van der Waals surface area contributed by atoms with Crippen molar-refractivity contribution < 1.29 is 30.0 Å². The molecule has 0 aromatic heterocycles. The molecule has 2 atom stereocenters. The van der Waals surface area contributed by atoms with Crippen LogP contribution in [0.15, 0.2) is 0 Å². The van der Waals surface area contributed by atoms with E-state index in [0.29, 0.717) is 0 Å². The first-order valence-electron chi connectivity index (χ1n) is 2.24. The Hall–Kier alpha value is 1.51. The zero-order chi connectivity index (χ0) is 8.31. The number of hydrogen-bond donors (Lipinski definition) is 2. The van der Waals surface area contributed by atoms with Gasteiger partial charge in [0.15, 0.2) is 0 Å². The molecule has 2 unspecified atom stereocenters. The number of aliphatic hydroxyl groups is 2. The Labute approximate surface area is 131 Å². The van der Waals surface area contributed by atoms with E-state index in [1.807, 2.05) is 0 Å². The summed E-state index contributed by atoms with van der Waals surface area (Å²) in [6.45, 7) is 0. The van der Waals surface area contributed by atoms with Crippen LogP contribution in [-0.2, 0) is 9.59 Å². The van der Waals surface area contributed by atoms with Crippen molar-refractivity contribution >= 4 is 90.5 Å². The van der Waals surface area contributed by atoms with Gasteiger partial charge in [-0.05, 0) is 0 Å². The smallest absolute Gasteiger partial charge is 0.547 e. The molecule has 9 heteroatoms. The third-order valence-electron chi connectivity index (χ3n) is 0.782. The second-order valence-corrected chi connectivity index (χ2v) is 1.53. The summed E-state index contributed by atoms with van der Waals surface area (Å²) >= 11 is 0. The van der Waals surface area contributed by atoms with Gasteiger partial charge < -0.3 is 30.0 Å². The molecule has 0 fully saturated rings. The molecule has 13 heavy (non-hydrogen) atoms. The molecule has 6 nitrogen and oxygen atoms in total. The predicted molar refractivity (Wildman–Crippen MR) is 39.3 cm³/mol. The van der Waals surface area contributed by atoms with Gasteiger partial charge in [0.2, 0.25) is 0 Å². The molecule has 64 valence electrons. The summed E-state index contributed by atoms with van der Waals surface area (Å²) < 4.78 is 0. The molecule has 0 spiro atoms. The van der Waals surface area contributed by atoms with Crippen LogP contribution in [0.3, 0.4) is 0 Å². The van der Waals surface area contributed by atoms with Crippen molar-refractivity contribution in [2.45, 2.75) is 12.2 Å². The summed E-state index contributed by atoms with van der Waals surface area (Å²) in [4.78, 5) is 19.3. The minimum Gasteiger partial charge on any atom is -0.547 e. The normalized spacial score (nSPS) is 12.2. The van der Waals surface area contributed by atoms with Gasteiger partial charge in [-0.25, -0.2) is 0 Å². The molecule has 6 radical (unpaired) electrons. The Bertz CT molecular complexity index is 144. The standard InChI is InChI=1S/C4H6O6.3Bi/c5-1(3(7)8)2(6)4(9)10;;;/h1-2,5-6H,(H,7,8)(H,9,10);;;/q;3*+3/p-2. The Balaban J connectivity index is -0.000000135. The molecule has 0 amide bonds. The van der Waals surface area contributed by atoms with Crippen molar-refractivity contribution in [3.8, 4) is 0 Å². The molecule has 0 rings (SSSR count). The number of carbonyl (C=O) groups excluding carboxylic acids is 2. The molecule has 0 aliphatic heterocycles. The fraction of sp³-hybridized carbons (Fsp3) is 0.500. The van der Waals surface area contributed by atoms with E-state index in [9.17, 15) is 19.8 Å². The molecule has 0 heterocycles. The molecule has 0 aromatic carbocycles. The topological polar surface area (TPSA) is 121 Å². The largest absolute Gasteiger partial charge is 3.00 e. The van der Waals surface area contributed by atoms with E-state index in [0.717, 1.165) is 0 Å². The maximum Gasteiger partial charge on any atom is 3.00 e. The summed E-state index contributed by atoms with van der Waals surface area (Å²) in [6.07, 6.45) is -4.88. The van der Waals surface area contributed by atoms with Gasteiger partial charge in [-0.2, -0.15) is 0 Å². The molecule has 0 aliphatic rings. The van der Waals surface area contributed by atoms with Crippen LogP contribution in [0.4, 0.5) is 0 Å². The Morgan fingerprint density at radius 3 is 1.08 bits per heavy atom. The van der Waals surface area contributed by atoms with Crippen LogP contribution in [0.2, 0.25) is 0 Å². The molecule has 0 aromatic rings. The Morgan fingerprint density at radius 1 is 0.846 bits per heavy atom. The van der Waals surface area contributed by atoms with Crippen molar-refractivity contribution in [2.24, 2.45) is 0 Å². The second-order valence-electron chi connectivity index (χ2n) is 1.53. The van der Waals surface area contributed by atoms with Crippen molar-refractivity contribution in [1.82, 2.24) is 0 Å². The summed E-state index contributed by atoms with van der Waals surface area (Å²) in [5.74, 6) is -4.12. The summed E-state index contributed by atoms with van der Waals surface area (Å²) in [7, 11) is 0. The van der Waals surface area contributed by atoms with E-state index in [1.165, 1.54) is 0 Å². The zero-order valence-corrected chi connectivity index (χ0v) is 16.5. The van der Waals surface area contributed by atoms with Crippen LogP contribution >= 0.6 is 0 Å². The Morgan fingerprint density at radius 2 is 1.00 bits per heavy atom. The number of carbonyl (C=O) groups is 2. The third kappa shape index (κ3) is 9.81. The van der Waals surface area contributed by atoms with Crippen molar-refractivity contribution in [2.75, 3.05) is 0 Å². The first-order valence-corrected chi connectivity index (χ1v) is 2.24. The van der Waals surface area contributed by atoms with Gasteiger partial charge in [-0.3, -0.25) is 0 Å². The van der Waals surface area contributed by atoms with Crippen LogP contribution in [0.25, 0.3) is 0 Å².